The lowest BCUT2D eigenvalue weighted by Crippen LogP contribution is -2.24. The molecule has 0 fully saturated rings. The van der Waals surface area contributed by atoms with Crippen LogP contribution in [0.2, 0.25) is 0 Å². The Labute approximate surface area is 109 Å². The summed E-state index contributed by atoms with van der Waals surface area (Å²) in [4.78, 5) is 15.7. The fourth-order valence-electron chi connectivity index (χ4n) is 1.51. The predicted molar refractivity (Wildman–Crippen MR) is 64.7 cm³/mol. The highest BCUT2D eigenvalue weighted by Gasteiger charge is 2.22. The number of alkyl halides is 1. The van der Waals surface area contributed by atoms with Crippen LogP contribution in [0.5, 0.6) is 0 Å². The minimum Gasteiger partial charge on any atom is -0.461 e. The summed E-state index contributed by atoms with van der Waals surface area (Å²) in [6.07, 6.45) is 2.32. The van der Waals surface area contributed by atoms with Crippen LogP contribution in [-0.4, -0.2) is 39.6 Å². The summed E-state index contributed by atoms with van der Waals surface area (Å²) in [5.74, 6) is 0.436. The Balaban J connectivity index is 2.11. The van der Waals surface area contributed by atoms with E-state index in [1.807, 2.05) is 6.92 Å². The van der Waals surface area contributed by atoms with Gasteiger partial charge in [0.15, 0.2) is 11.5 Å². The maximum Gasteiger partial charge on any atom is 0.360 e. The molecule has 1 aromatic heterocycles. The van der Waals surface area contributed by atoms with Crippen LogP contribution in [0.1, 0.15) is 23.8 Å². The van der Waals surface area contributed by atoms with Crippen LogP contribution >= 0.6 is 11.6 Å². The molecule has 0 unspecified atom stereocenters. The zero-order valence-corrected chi connectivity index (χ0v) is 10.8. The van der Waals surface area contributed by atoms with Gasteiger partial charge in [0.2, 0.25) is 0 Å². The summed E-state index contributed by atoms with van der Waals surface area (Å²) < 4.78 is 6.76. The lowest BCUT2D eigenvalue weighted by molar-refractivity contribution is 0.0499. The molecule has 1 aliphatic heterocycles. The summed E-state index contributed by atoms with van der Waals surface area (Å²) in [7, 11) is 0. The van der Waals surface area contributed by atoms with Crippen molar-refractivity contribution in [2.75, 3.05) is 19.0 Å². The largest absolute Gasteiger partial charge is 0.461 e. The first-order valence-corrected chi connectivity index (χ1v) is 6.24. The van der Waals surface area contributed by atoms with Gasteiger partial charge in [-0.05, 0) is 6.42 Å². The van der Waals surface area contributed by atoms with Crippen molar-refractivity contribution in [3.05, 3.63) is 12.0 Å². The van der Waals surface area contributed by atoms with Gasteiger partial charge in [-0.15, -0.1) is 16.7 Å². The first-order valence-electron chi connectivity index (χ1n) is 5.71. The second-order valence-corrected chi connectivity index (χ2v) is 4.15. The van der Waals surface area contributed by atoms with E-state index in [0.29, 0.717) is 31.5 Å². The van der Waals surface area contributed by atoms with Gasteiger partial charge in [-0.1, -0.05) is 12.1 Å². The Hall–Kier alpha value is -1.63. The SMILES string of the molecule is CCCOC(=O)c1ncn2c1N=NN(CCCl)C2. The highest BCUT2D eigenvalue weighted by molar-refractivity contribution is 6.18. The van der Waals surface area contributed by atoms with Crippen LogP contribution in [0, 0.1) is 0 Å². The second kappa shape index (κ2) is 5.81. The van der Waals surface area contributed by atoms with Gasteiger partial charge in [0.1, 0.15) is 6.67 Å². The Morgan fingerprint density at radius 1 is 1.61 bits per heavy atom. The first kappa shape index (κ1) is 12.8. The quantitative estimate of drug-likeness (QED) is 0.606. The average molecular weight is 272 g/mol. The number of rotatable bonds is 5. The van der Waals surface area contributed by atoms with E-state index in [9.17, 15) is 4.79 Å². The zero-order chi connectivity index (χ0) is 13.0. The molecule has 0 radical (unpaired) electrons. The molecular weight excluding hydrogens is 258 g/mol. The van der Waals surface area contributed by atoms with Crippen molar-refractivity contribution in [1.82, 2.24) is 14.6 Å². The van der Waals surface area contributed by atoms with E-state index in [1.165, 1.54) is 0 Å². The fraction of sp³-hybridized carbons (Fsp3) is 0.600. The number of carbonyl (C=O) groups is 1. The number of aromatic nitrogens is 2. The van der Waals surface area contributed by atoms with Crippen LogP contribution in [0.15, 0.2) is 16.7 Å². The van der Waals surface area contributed by atoms with E-state index < -0.39 is 5.97 Å². The third-order valence-corrected chi connectivity index (χ3v) is 2.53. The van der Waals surface area contributed by atoms with Gasteiger partial charge >= 0.3 is 5.97 Å². The summed E-state index contributed by atoms with van der Waals surface area (Å²) in [6.45, 7) is 3.39. The molecule has 0 spiro atoms. The van der Waals surface area contributed by atoms with E-state index in [0.717, 1.165) is 6.42 Å². The Bertz CT molecular complexity index is 459. The Morgan fingerprint density at radius 3 is 3.17 bits per heavy atom. The van der Waals surface area contributed by atoms with E-state index in [2.05, 4.69) is 15.3 Å². The molecule has 1 aromatic rings. The number of hydrogen-bond donors (Lipinski definition) is 0. The van der Waals surface area contributed by atoms with Crippen LogP contribution in [0.4, 0.5) is 5.82 Å². The maximum absolute atomic E-state index is 11.7. The molecule has 0 saturated carbocycles. The number of imidazole rings is 1. The van der Waals surface area contributed by atoms with Crippen LogP contribution in [0.3, 0.4) is 0 Å². The Morgan fingerprint density at radius 2 is 2.44 bits per heavy atom. The molecule has 98 valence electrons. The molecule has 2 rings (SSSR count). The number of carbonyl (C=O) groups excluding carboxylic acids is 1. The van der Waals surface area contributed by atoms with Crippen LogP contribution < -0.4 is 0 Å². The van der Waals surface area contributed by atoms with Crippen molar-refractivity contribution >= 4 is 23.4 Å². The van der Waals surface area contributed by atoms with Crippen molar-refractivity contribution in [2.24, 2.45) is 10.3 Å². The molecule has 0 atom stereocenters. The summed E-state index contributed by atoms with van der Waals surface area (Å²) in [5, 5.41) is 9.63. The first-order chi connectivity index (χ1) is 8.76. The van der Waals surface area contributed by atoms with E-state index >= 15 is 0 Å². The summed E-state index contributed by atoms with van der Waals surface area (Å²) in [5.41, 5.74) is 0.206. The molecule has 2 heterocycles. The Kier molecular flexibility index (Phi) is 4.14. The molecule has 1 aliphatic rings. The molecule has 0 bridgehead atoms. The van der Waals surface area contributed by atoms with Gasteiger partial charge in [-0.2, -0.15) is 0 Å². The number of nitrogens with zero attached hydrogens (tertiary/aromatic N) is 5. The maximum atomic E-state index is 11.7. The van der Waals surface area contributed by atoms with Crippen LogP contribution in [0.25, 0.3) is 0 Å². The minimum atomic E-state index is -0.463. The molecule has 0 amide bonds. The lowest BCUT2D eigenvalue weighted by Gasteiger charge is -2.20. The van der Waals surface area contributed by atoms with Gasteiger partial charge in [0.25, 0.3) is 0 Å². The third-order valence-electron chi connectivity index (χ3n) is 2.36. The third kappa shape index (κ3) is 2.61. The topological polar surface area (TPSA) is 72.1 Å². The monoisotopic (exact) mass is 271 g/mol. The van der Waals surface area contributed by atoms with Crippen LogP contribution in [-0.2, 0) is 11.4 Å². The predicted octanol–water partition coefficient (Wildman–Crippen LogP) is 1.96. The van der Waals surface area contributed by atoms with E-state index in [4.69, 9.17) is 16.3 Å². The van der Waals surface area contributed by atoms with Crippen molar-refractivity contribution in [2.45, 2.75) is 20.0 Å². The van der Waals surface area contributed by atoms with Gasteiger partial charge in [0.05, 0.1) is 19.5 Å². The number of fused-ring (bicyclic) bond motifs is 1. The number of esters is 1. The molecular formula is C10H14ClN5O2. The van der Waals surface area contributed by atoms with E-state index in [-0.39, 0.29) is 5.69 Å². The smallest absolute Gasteiger partial charge is 0.360 e. The minimum absolute atomic E-state index is 0.206. The molecule has 0 N–H and O–H groups in total. The van der Waals surface area contributed by atoms with Crippen molar-refractivity contribution in [3.63, 3.8) is 0 Å². The van der Waals surface area contributed by atoms with Crippen molar-refractivity contribution in [1.29, 1.82) is 0 Å². The zero-order valence-electron chi connectivity index (χ0n) is 10.0. The van der Waals surface area contributed by atoms with E-state index in [1.54, 1.807) is 15.9 Å². The molecule has 0 saturated heterocycles. The van der Waals surface area contributed by atoms with Gasteiger partial charge < -0.3 is 4.74 Å². The van der Waals surface area contributed by atoms with Gasteiger partial charge in [0, 0.05) is 5.88 Å². The highest BCUT2D eigenvalue weighted by atomic mass is 35.5. The second-order valence-electron chi connectivity index (χ2n) is 3.77. The summed E-state index contributed by atoms with van der Waals surface area (Å²) >= 11 is 5.63. The van der Waals surface area contributed by atoms with Gasteiger partial charge in [-0.3, -0.25) is 9.58 Å². The molecule has 7 nitrogen and oxygen atoms in total. The standard InChI is InChI=1S/C10H14ClN5O2/c1-2-5-18-10(17)8-9-13-14-16(4-3-11)7-15(9)6-12-8/h6H,2-5,7H2,1H3. The van der Waals surface area contributed by atoms with Crippen molar-refractivity contribution in [3.8, 4) is 0 Å². The number of hydrogen-bond acceptors (Lipinski definition) is 6. The van der Waals surface area contributed by atoms with Gasteiger partial charge in [-0.25, -0.2) is 9.78 Å². The summed E-state index contributed by atoms with van der Waals surface area (Å²) in [6, 6.07) is 0. The molecule has 8 heteroatoms. The number of ether oxygens (including phenoxy) is 1. The van der Waals surface area contributed by atoms with Crippen molar-refractivity contribution < 1.29 is 9.53 Å². The average Bonchev–Trinajstić information content (AvgIpc) is 2.79. The lowest BCUT2D eigenvalue weighted by atomic mass is 10.4. The highest BCUT2D eigenvalue weighted by Crippen LogP contribution is 2.24. The molecule has 18 heavy (non-hydrogen) atoms. The normalized spacial score (nSPS) is 13.6. The molecule has 0 aromatic carbocycles. The molecule has 0 aliphatic carbocycles. The number of halogens is 1. The fourth-order valence-corrected chi connectivity index (χ4v) is 1.71.